The fourth-order valence-corrected chi connectivity index (χ4v) is 1.68. The fourth-order valence-electron chi connectivity index (χ4n) is 1.68. The number of hydrogen-bond acceptors (Lipinski definition) is 4. The van der Waals surface area contributed by atoms with Crippen molar-refractivity contribution in [2.75, 3.05) is 0 Å². The Labute approximate surface area is 111 Å². The van der Waals surface area contributed by atoms with Gasteiger partial charge in [-0.25, -0.2) is 0 Å². The summed E-state index contributed by atoms with van der Waals surface area (Å²) in [6.07, 6.45) is 3.42. The smallest absolute Gasteiger partial charge is 0.173 e. The number of hydrogen-bond donors (Lipinski definition) is 2. The maximum atomic E-state index is 8.78. The third kappa shape index (κ3) is 2.85. The third-order valence-electron chi connectivity index (χ3n) is 2.68. The number of aryl methyl sites for hydroxylation is 2. The highest BCUT2D eigenvalue weighted by molar-refractivity contribution is 5.99. The molecule has 0 aliphatic carbocycles. The summed E-state index contributed by atoms with van der Waals surface area (Å²) in [5, 5.41) is 15.9. The molecule has 100 valence electrons. The van der Waals surface area contributed by atoms with E-state index >= 15 is 0 Å². The quantitative estimate of drug-likeness (QED) is 0.381. The highest BCUT2D eigenvalue weighted by Crippen LogP contribution is 2.26. The number of benzene rings is 1. The first kappa shape index (κ1) is 12.9. The zero-order chi connectivity index (χ0) is 13.8. The molecule has 0 bridgehead atoms. The normalized spacial score (nSPS) is 11.6. The molecule has 0 saturated heterocycles. The Morgan fingerprint density at radius 1 is 1.53 bits per heavy atom. The summed E-state index contributed by atoms with van der Waals surface area (Å²) in [7, 11) is 0. The number of nitrogens with two attached hydrogens (primary N) is 1. The summed E-state index contributed by atoms with van der Waals surface area (Å²) in [6, 6.07) is 5.45. The fraction of sp³-hybridized carbons (Fsp3) is 0.231. The highest BCUT2D eigenvalue weighted by atomic mass is 16.5. The second kappa shape index (κ2) is 5.43. The Balaban J connectivity index is 2.35. The first-order chi connectivity index (χ1) is 9.13. The molecule has 0 radical (unpaired) electrons. The predicted molar refractivity (Wildman–Crippen MR) is 71.7 cm³/mol. The van der Waals surface area contributed by atoms with Crippen molar-refractivity contribution in [2.24, 2.45) is 10.9 Å². The number of ether oxygens (including phenoxy) is 1. The lowest BCUT2D eigenvalue weighted by Crippen LogP contribution is -2.14. The van der Waals surface area contributed by atoms with E-state index in [1.165, 1.54) is 0 Å². The molecule has 2 aromatic rings. The van der Waals surface area contributed by atoms with Gasteiger partial charge in [0.15, 0.2) is 11.6 Å². The van der Waals surface area contributed by atoms with Crippen LogP contribution in [0.15, 0.2) is 35.7 Å². The van der Waals surface area contributed by atoms with Gasteiger partial charge >= 0.3 is 0 Å². The number of oxime groups is 1. The minimum atomic E-state index is 0.0119. The summed E-state index contributed by atoms with van der Waals surface area (Å²) in [4.78, 5) is 0. The van der Waals surface area contributed by atoms with Crippen LogP contribution in [0.5, 0.6) is 11.5 Å². The highest BCUT2D eigenvalue weighted by Gasteiger charge is 2.10. The lowest BCUT2D eigenvalue weighted by atomic mass is 10.1. The van der Waals surface area contributed by atoms with Gasteiger partial charge in [-0.05, 0) is 31.5 Å². The monoisotopic (exact) mass is 260 g/mol. The van der Waals surface area contributed by atoms with Crippen molar-refractivity contribution in [1.29, 1.82) is 0 Å². The number of amidine groups is 1. The summed E-state index contributed by atoms with van der Waals surface area (Å²) < 4.78 is 7.50. The number of rotatable bonds is 4. The molecule has 0 saturated carbocycles. The summed E-state index contributed by atoms with van der Waals surface area (Å²) >= 11 is 0. The molecule has 1 heterocycles. The Morgan fingerprint density at radius 2 is 2.32 bits per heavy atom. The Hall–Kier alpha value is -2.50. The minimum Gasteiger partial charge on any atom is -0.453 e. The predicted octanol–water partition coefficient (Wildman–Crippen LogP) is 2.10. The minimum absolute atomic E-state index is 0.0119. The van der Waals surface area contributed by atoms with Crippen LogP contribution in [0.25, 0.3) is 0 Å². The van der Waals surface area contributed by atoms with Crippen molar-refractivity contribution in [3.63, 3.8) is 0 Å². The van der Waals surface area contributed by atoms with Crippen LogP contribution in [0.2, 0.25) is 0 Å². The standard InChI is InChI=1S/C13H16N4O2/c1-3-17-8-10(7-15-17)19-12-6-9(2)4-5-11(12)13(14)16-18/h4-8,18H,3H2,1-2H3,(H2,14,16). The van der Waals surface area contributed by atoms with Gasteiger partial charge in [0.2, 0.25) is 0 Å². The molecule has 0 unspecified atom stereocenters. The van der Waals surface area contributed by atoms with Crippen LogP contribution in [0.4, 0.5) is 0 Å². The van der Waals surface area contributed by atoms with Crippen molar-refractivity contribution in [3.05, 3.63) is 41.7 Å². The molecule has 1 aromatic heterocycles. The van der Waals surface area contributed by atoms with E-state index in [4.69, 9.17) is 15.7 Å². The van der Waals surface area contributed by atoms with Crippen LogP contribution in [0.1, 0.15) is 18.1 Å². The second-order valence-corrected chi connectivity index (χ2v) is 4.12. The van der Waals surface area contributed by atoms with E-state index in [1.807, 2.05) is 26.0 Å². The van der Waals surface area contributed by atoms with E-state index in [9.17, 15) is 0 Å². The van der Waals surface area contributed by atoms with Gasteiger partial charge in [0.05, 0.1) is 18.0 Å². The maximum Gasteiger partial charge on any atom is 0.173 e. The molecule has 0 atom stereocenters. The average Bonchev–Trinajstić information content (AvgIpc) is 2.86. The zero-order valence-electron chi connectivity index (χ0n) is 10.9. The largest absolute Gasteiger partial charge is 0.453 e. The van der Waals surface area contributed by atoms with Crippen molar-refractivity contribution in [2.45, 2.75) is 20.4 Å². The van der Waals surface area contributed by atoms with Crippen LogP contribution in [-0.2, 0) is 6.54 Å². The van der Waals surface area contributed by atoms with Crippen LogP contribution in [-0.4, -0.2) is 20.8 Å². The van der Waals surface area contributed by atoms with Crippen molar-refractivity contribution in [3.8, 4) is 11.5 Å². The van der Waals surface area contributed by atoms with Crippen molar-refractivity contribution in [1.82, 2.24) is 9.78 Å². The summed E-state index contributed by atoms with van der Waals surface area (Å²) in [5.41, 5.74) is 7.19. The van der Waals surface area contributed by atoms with E-state index in [0.29, 0.717) is 17.1 Å². The molecular formula is C13H16N4O2. The molecule has 0 aliphatic rings. The number of nitrogens with zero attached hydrogens (tertiary/aromatic N) is 3. The first-order valence-corrected chi connectivity index (χ1v) is 5.93. The topological polar surface area (TPSA) is 85.7 Å². The van der Waals surface area contributed by atoms with Gasteiger partial charge in [0.1, 0.15) is 5.75 Å². The van der Waals surface area contributed by atoms with E-state index in [0.717, 1.165) is 12.1 Å². The van der Waals surface area contributed by atoms with Gasteiger partial charge in [-0.2, -0.15) is 5.10 Å². The SMILES string of the molecule is CCn1cc(Oc2cc(C)ccc2/C(N)=N/O)cn1. The van der Waals surface area contributed by atoms with Gasteiger partial charge in [-0.15, -0.1) is 0 Å². The van der Waals surface area contributed by atoms with Gasteiger partial charge < -0.3 is 15.7 Å². The Kier molecular flexibility index (Phi) is 3.70. The molecule has 0 fully saturated rings. The molecule has 0 amide bonds. The molecular weight excluding hydrogens is 244 g/mol. The van der Waals surface area contributed by atoms with Crippen LogP contribution >= 0.6 is 0 Å². The molecule has 2 rings (SSSR count). The molecule has 6 heteroatoms. The second-order valence-electron chi connectivity index (χ2n) is 4.12. The first-order valence-electron chi connectivity index (χ1n) is 5.93. The molecule has 3 N–H and O–H groups in total. The van der Waals surface area contributed by atoms with Crippen molar-refractivity contribution >= 4 is 5.84 Å². The number of aromatic nitrogens is 2. The van der Waals surface area contributed by atoms with Crippen LogP contribution in [0.3, 0.4) is 0 Å². The molecule has 0 spiro atoms. The van der Waals surface area contributed by atoms with Gasteiger partial charge in [0.25, 0.3) is 0 Å². The van der Waals surface area contributed by atoms with E-state index in [1.54, 1.807) is 23.1 Å². The molecule has 6 nitrogen and oxygen atoms in total. The van der Waals surface area contributed by atoms with E-state index in [-0.39, 0.29) is 5.84 Å². The maximum absolute atomic E-state index is 8.78. The lowest BCUT2D eigenvalue weighted by Gasteiger charge is -2.09. The van der Waals surface area contributed by atoms with E-state index in [2.05, 4.69) is 10.3 Å². The lowest BCUT2D eigenvalue weighted by molar-refractivity contribution is 0.318. The van der Waals surface area contributed by atoms with E-state index < -0.39 is 0 Å². The summed E-state index contributed by atoms with van der Waals surface area (Å²) in [6.45, 7) is 4.70. The van der Waals surface area contributed by atoms with Crippen molar-refractivity contribution < 1.29 is 9.94 Å². The Morgan fingerprint density at radius 3 is 2.95 bits per heavy atom. The average molecular weight is 260 g/mol. The van der Waals surface area contributed by atoms with Crippen LogP contribution < -0.4 is 10.5 Å². The zero-order valence-corrected chi connectivity index (χ0v) is 10.9. The molecule has 19 heavy (non-hydrogen) atoms. The van der Waals surface area contributed by atoms with Gasteiger partial charge in [-0.1, -0.05) is 11.2 Å². The third-order valence-corrected chi connectivity index (χ3v) is 2.68. The summed E-state index contributed by atoms with van der Waals surface area (Å²) in [5.74, 6) is 1.16. The molecule has 0 aliphatic heterocycles. The van der Waals surface area contributed by atoms with Gasteiger partial charge in [-0.3, -0.25) is 4.68 Å². The Bertz CT molecular complexity index is 604. The van der Waals surface area contributed by atoms with Gasteiger partial charge in [0, 0.05) is 6.54 Å². The van der Waals surface area contributed by atoms with Crippen LogP contribution in [0, 0.1) is 6.92 Å². The molecule has 1 aromatic carbocycles.